The van der Waals surface area contributed by atoms with Crippen molar-refractivity contribution in [2.24, 2.45) is 0 Å². The number of rotatable bonds is 8. The number of hydrogen-bond acceptors (Lipinski definition) is 8. The first-order valence-corrected chi connectivity index (χ1v) is 6.26. The summed E-state index contributed by atoms with van der Waals surface area (Å²) in [5.74, 6) is 1.46. The van der Waals surface area contributed by atoms with Gasteiger partial charge in [0, 0.05) is 33.7 Å². The van der Waals surface area contributed by atoms with Crippen LogP contribution in [-0.4, -0.2) is 72.1 Å². The largest absolute Gasteiger partial charge is 0.395 e. The third-order valence-electron chi connectivity index (χ3n) is 2.37. The summed E-state index contributed by atoms with van der Waals surface area (Å²) >= 11 is 0. The number of nitrogens with one attached hydrogen (secondary N) is 1. The molecule has 1 rings (SSSR count). The van der Waals surface area contributed by atoms with Crippen LogP contribution < -0.4 is 15.1 Å². The Hall–Kier alpha value is -1.67. The third kappa shape index (κ3) is 4.49. The van der Waals surface area contributed by atoms with Crippen LogP contribution in [0.2, 0.25) is 0 Å². The fourth-order valence-corrected chi connectivity index (χ4v) is 1.49. The van der Waals surface area contributed by atoms with E-state index in [0.29, 0.717) is 37.5 Å². The number of nitrogens with zero attached hydrogens (tertiary/aromatic N) is 5. The molecule has 0 aromatic carbocycles. The smallest absolute Gasteiger partial charge is 0.232 e. The van der Waals surface area contributed by atoms with Gasteiger partial charge in [0.05, 0.1) is 13.2 Å². The van der Waals surface area contributed by atoms with E-state index >= 15 is 0 Å². The Labute approximate surface area is 113 Å². The normalized spacial score (nSPS) is 10.4. The minimum absolute atomic E-state index is 0.0283. The molecule has 0 radical (unpaired) electrons. The van der Waals surface area contributed by atoms with E-state index in [0.717, 1.165) is 0 Å². The third-order valence-corrected chi connectivity index (χ3v) is 2.37. The predicted octanol–water partition coefficient (Wildman–Crippen LogP) is -0.840. The molecule has 8 nitrogen and oxygen atoms in total. The number of aromatic nitrogens is 3. The number of anilines is 3. The van der Waals surface area contributed by atoms with Crippen molar-refractivity contribution >= 4 is 17.8 Å². The maximum Gasteiger partial charge on any atom is 0.232 e. The summed E-state index contributed by atoms with van der Waals surface area (Å²) in [5, 5.41) is 21.2. The molecule has 3 N–H and O–H groups in total. The van der Waals surface area contributed by atoms with Crippen LogP contribution in [0, 0.1) is 0 Å². The zero-order chi connectivity index (χ0) is 14.3. The van der Waals surface area contributed by atoms with Crippen LogP contribution in [0.1, 0.15) is 6.92 Å². The minimum atomic E-state index is -0.0283. The second-order valence-electron chi connectivity index (χ2n) is 4.12. The molecule has 0 saturated carbocycles. The first-order chi connectivity index (χ1) is 9.12. The van der Waals surface area contributed by atoms with Gasteiger partial charge in [0.1, 0.15) is 0 Å². The first-order valence-electron chi connectivity index (χ1n) is 6.26. The van der Waals surface area contributed by atoms with Gasteiger partial charge in [0.2, 0.25) is 17.8 Å². The Bertz CT molecular complexity index is 381. The number of hydrogen-bond donors (Lipinski definition) is 3. The highest BCUT2D eigenvalue weighted by molar-refractivity contribution is 5.44. The Morgan fingerprint density at radius 2 is 1.58 bits per heavy atom. The van der Waals surface area contributed by atoms with Gasteiger partial charge in [-0.1, -0.05) is 0 Å². The second-order valence-corrected chi connectivity index (χ2v) is 4.12. The monoisotopic (exact) mass is 270 g/mol. The van der Waals surface area contributed by atoms with Gasteiger partial charge in [-0.05, 0) is 6.92 Å². The van der Waals surface area contributed by atoms with Crippen molar-refractivity contribution in [1.29, 1.82) is 0 Å². The summed E-state index contributed by atoms with van der Waals surface area (Å²) in [7, 11) is 3.69. The van der Waals surface area contributed by atoms with Crippen LogP contribution >= 0.6 is 0 Å². The fraction of sp³-hybridized carbons (Fsp3) is 0.727. The van der Waals surface area contributed by atoms with Gasteiger partial charge in [0.25, 0.3) is 0 Å². The van der Waals surface area contributed by atoms with Crippen LogP contribution in [-0.2, 0) is 0 Å². The molecule has 0 amide bonds. The van der Waals surface area contributed by atoms with Crippen LogP contribution in [0.3, 0.4) is 0 Å². The van der Waals surface area contributed by atoms with E-state index in [1.54, 1.807) is 9.80 Å². The van der Waals surface area contributed by atoms with Crippen molar-refractivity contribution in [2.75, 3.05) is 62.1 Å². The molecule has 108 valence electrons. The van der Waals surface area contributed by atoms with Crippen molar-refractivity contribution in [3.63, 3.8) is 0 Å². The van der Waals surface area contributed by atoms with Crippen LogP contribution in [0.15, 0.2) is 0 Å². The molecule has 0 bridgehead atoms. The molecule has 0 aliphatic carbocycles. The zero-order valence-electron chi connectivity index (χ0n) is 11.7. The topological polar surface area (TPSA) is 97.6 Å². The van der Waals surface area contributed by atoms with E-state index in [2.05, 4.69) is 20.3 Å². The maximum atomic E-state index is 9.06. The Balaban J connectivity index is 3.07. The number of aliphatic hydroxyl groups is 2. The lowest BCUT2D eigenvalue weighted by Gasteiger charge is -2.22. The maximum absolute atomic E-state index is 9.06. The molecule has 0 atom stereocenters. The molecular formula is C11H22N6O2. The van der Waals surface area contributed by atoms with Gasteiger partial charge in [-0.15, -0.1) is 0 Å². The van der Waals surface area contributed by atoms with Crippen molar-refractivity contribution in [1.82, 2.24) is 15.0 Å². The molecule has 1 heterocycles. The summed E-state index contributed by atoms with van der Waals surface area (Å²) in [6.45, 7) is 3.33. The van der Waals surface area contributed by atoms with Crippen LogP contribution in [0.5, 0.6) is 0 Å². The molecule has 1 aromatic heterocycles. The standard InChI is InChI=1S/C11H22N6O2/c1-4-12-9-13-10(16(2)3)15-11(14-9)17(5-7-18)6-8-19/h18-19H,4-8H2,1-3H3,(H,12,13,14,15). The van der Waals surface area contributed by atoms with E-state index in [4.69, 9.17) is 10.2 Å². The predicted molar refractivity (Wildman–Crippen MR) is 74.7 cm³/mol. The lowest BCUT2D eigenvalue weighted by atomic mass is 10.5. The Kier molecular flexibility index (Phi) is 6.23. The molecule has 0 spiro atoms. The molecule has 0 unspecified atom stereocenters. The van der Waals surface area contributed by atoms with Gasteiger partial charge in [-0.2, -0.15) is 15.0 Å². The summed E-state index contributed by atoms with van der Waals surface area (Å²) in [5.41, 5.74) is 0. The molecule has 0 fully saturated rings. The van der Waals surface area contributed by atoms with Gasteiger partial charge in [-0.3, -0.25) is 0 Å². The molecule has 8 heteroatoms. The van der Waals surface area contributed by atoms with E-state index in [-0.39, 0.29) is 13.2 Å². The van der Waals surface area contributed by atoms with Crippen LogP contribution in [0.4, 0.5) is 17.8 Å². The summed E-state index contributed by atoms with van der Waals surface area (Å²) in [6.07, 6.45) is 0. The average Bonchev–Trinajstić information content (AvgIpc) is 2.38. The van der Waals surface area contributed by atoms with E-state index in [9.17, 15) is 0 Å². The summed E-state index contributed by atoms with van der Waals surface area (Å²) < 4.78 is 0. The van der Waals surface area contributed by atoms with Gasteiger partial charge >= 0.3 is 0 Å². The van der Waals surface area contributed by atoms with Gasteiger partial charge < -0.3 is 25.3 Å². The molecule has 0 aliphatic rings. The molecule has 19 heavy (non-hydrogen) atoms. The van der Waals surface area contributed by atoms with Crippen molar-refractivity contribution in [3.8, 4) is 0 Å². The first kappa shape index (κ1) is 15.4. The molecule has 0 aliphatic heterocycles. The minimum Gasteiger partial charge on any atom is -0.395 e. The highest BCUT2D eigenvalue weighted by Gasteiger charge is 2.13. The molecular weight excluding hydrogens is 248 g/mol. The van der Waals surface area contributed by atoms with Crippen molar-refractivity contribution in [2.45, 2.75) is 6.92 Å². The Morgan fingerprint density at radius 3 is 2.05 bits per heavy atom. The van der Waals surface area contributed by atoms with Crippen molar-refractivity contribution < 1.29 is 10.2 Å². The summed E-state index contributed by atoms with van der Waals surface area (Å²) in [6, 6.07) is 0. The highest BCUT2D eigenvalue weighted by Crippen LogP contribution is 2.14. The van der Waals surface area contributed by atoms with E-state index < -0.39 is 0 Å². The molecule has 1 aromatic rings. The quantitative estimate of drug-likeness (QED) is 0.562. The fourth-order valence-electron chi connectivity index (χ4n) is 1.49. The van der Waals surface area contributed by atoms with E-state index in [1.165, 1.54) is 0 Å². The SMILES string of the molecule is CCNc1nc(N(C)C)nc(N(CCO)CCO)n1. The van der Waals surface area contributed by atoms with Crippen molar-refractivity contribution in [3.05, 3.63) is 0 Å². The zero-order valence-corrected chi connectivity index (χ0v) is 11.7. The second kappa shape index (κ2) is 7.70. The lowest BCUT2D eigenvalue weighted by molar-refractivity contribution is 0.280. The molecule has 0 saturated heterocycles. The van der Waals surface area contributed by atoms with E-state index in [1.807, 2.05) is 21.0 Å². The van der Waals surface area contributed by atoms with Gasteiger partial charge in [-0.25, -0.2) is 0 Å². The Morgan fingerprint density at radius 1 is 1.00 bits per heavy atom. The van der Waals surface area contributed by atoms with Crippen LogP contribution in [0.25, 0.3) is 0 Å². The lowest BCUT2D eigenvalue weighted by Crippen LogP contribution is -2.32. The average molecular weight is 270 g/mol. The summed E-state index contributed by atoms with van der Waals surface area (Å²) in [4.78, 5) is 16.4. The van der Waals surface area contributed by atoms with Gasteiger partial charge in [0.15, 0.2) is 0 Å². The number of aliphatic hydroxyl groups excluding tert-OH is 2. The highest BCUT2D eigenvalue weighted by atomic mass is 16.3.